The minimum Gasteiger partial charge on any atom is -0.384 e. The summed E-state index contributed by atoms with van der Waals surface area (Å²) >= 11 is 0. The Balaban J connectivity index is 2.37. The molecule has 0 saturated carbocycles. The third-order valence-corrected chi connectivity index (χ3v) is 2.11. The number of nitrogens with zero attached hydrogens (tertiary/aromatic N) is 2. The van der Waals surface area contributed by atoms with Crippen LogP contribution in [0.3, 0.4) is 0 Å². The summed E-state index contributed by atoms with van der Waals surface area (Å²) in [6, 6.07) is 6.21. The molecule has 0 amide bonds. The van der Waals surface area contributed by atoms with E-state index in [0.717, 1.165) is 12.1 Å². The maximum atomic E-state index is 12.3. The molecule has 1 heterocycles. The van der Waals surface area contributed by atoms with Gasteiger partial charge >= 0.3 is 6.18 Å². The maximum absolute atomic E-state index is 12.3. The van der Waals surface area contributed by atoms with Crippen molar-refractivity contribution in [2.45, 2.75) is 6.18 Å². The molecule has 0 atom stereocenters. The molecule has 0 aliphatic heterocycles. The zero-order valence-corrected chi connectivity index (χ0v) is 8.07. The number of aromatic nitrogens is 2. The molecule has 2 aromatic rings. The Bertz CT molecular complexity index is 485. The Labute approximate surface area is 89.3 Å². The Hall–Kier alpha value is -1.98. The first kappa shape index (κ1) is 10.5. The SMILES string of the molecule is Nc1ccnn1-c1ccc(C(F)(F)F)cc1. The van der Waals surface area contributed by atoms with E-state index in [1.165, 1.54) is 23.0 Å². The Morgan fingerprint density at radius 1 is 1.06 bits per heavy atom. The van der Waals surface area contributed by atoms with Crippen LogP contribution in [0, 0.1) is 0 Å². The fraction of sp³-hybridized carbons (Fsp3) is 0.100. The number of rotatable bonds is 1. The van der Waals surface area contributed by atoms with Crippen molar-refractivity contribution in [3.05, 3.63) is 42.1 Å². The molecule has 2 N–H and O–H groups in total. The molecule has 0 aliphatic rings. The lowest BCUT2D eigenvalue weighted by molar-refractivity contribution is -0.137. The van der Waals surface area contributed by atoms with Gasteiger partial charge in [-0.1, -0.05) is 0 Å². The van der Waals surface area contributed by atoms with Gasteiger partial charge in [0.1, 0.15) is 5.82 Å². The molecule has 1 aromatic heterocycles. The van der Waals surface area contributed by atoms with Gasteiger partial charge in [-0.3, -0.25) is 0 Å². The van der Waals surface area contributed by atoms with Crippen molar-refractivity contribution in [3.63, 3.8) is 0 Å². The van der Waals surface area contributed by atoms with Crippen LogP contribution in [0.4, 0.5) is 19.0 Å². The Morgan fingerprint density at radius 2 is 1.69 bits per heavy atom. The van der Waals surface area contributed by atoms with E-state index < -0.39 is 11.7 Å². The van der Waals surface area contributed by atoms with Gasteiger partial charge in [0, 0.05) is 6.07 Å². The number of nitrogen functional groups attached to an aromatic ring is 1. The average Bonchev–Trinajstić information content (AvgIpc) is 2.63. The van der Waals surface area contributed by atoms with Crippen LogP contribution in [-0.2, 0) is 6.18 Å². The van der Waals surface area contributed by atoms with Gasteiger partial charge in [0.05, 0.1) is 17.4 Å². The molecule has 0 spiro atoms. The lowest BCUT2D eigenvalue weighted by atomic mass is 10.2. The van der Waals surface area contributed by atoms with Crippen molar-refractivity contribution >= 4 is 5.82 Å². The van der Waals surface area contributed by atoms with Crippen molar-refractivity contribution < 1.29 is 13.2 Å². The number of hydrogen-bond donors (Lipinski definition) is 1. The van der Waals surface area contributed by atoms with E-state index in [0.29, 0.717) is 11.5 Å². The van der Waals surface area contributed by atoms with Crippen LogP contribution in [0.15, 0.2) is 36.5 Å². The lowest BCUT2D eigenvalue weighted by Crippen LogP contribution is -2.06. The number of nitrogens with two attached hydrogens (primary N) is 1. The zero-order valence-electron chi connectivity index (χ0n) is 8.07. The first-order chi connectivity index (χ1) is 7.48. The monoisotopic (exact) mass is 227 g/mol. The smallest absolute Gasteiger partial charge is 0.384 e. The summed E-state index contributed by atoms with van der Waals surface area (Å²) in [5.74, 6) is 0.375. The summed E-state index contributed by atoms with van der Waals surface area (Å²) in [4.78, 5) is 0. The van der Waals surface area contributed by atoms with Crippen LogP contribution in [0.25, 0.3) is 5.69 Å². The van der Waals surface area contributed by atoms with Gasteiger partial charge in [-0.15, -0.1) is 0 Å². The van der Waals surface area contributed by atoms with Crippen LogP contribution < -0.4 is 5.73 Å². The van der Waals surface area contributed by atoms with Gasteiger partial charge in [-0.2, -0.15) is 18.3 Å². The molecular formula is C10H8F3N3. The second-order valence-corrected chi connectivity index (χ2v) is 3.21. The number of benzene rings is 1. The van der Waals surface area contributed by atoms with E-state index in [1.54, 1.807) is 6.07 Å². The molecule has 0 saturated heterocycles. The van der Waals surface area contributed by atoms with Crippen molar-refractivity contribution in [2.24, 2.45) is 0 Å². The minimum absolute atomic E-state index is 0.375. The molecule has 1 aromatic carbocycles. The van der Waals surface area contributed by atoms with E-state index in [2.05, 4.69) is 5.10 Å². The first-order valence-electron chi connectivity index (χ1n) is 4.45. The predicted molar refractivity (Wildman–Crippen MR) is 53.0 cm³/mol. The molecule has 3 nitrogen and oxygen atoms in total. The molecule has 16 heavy (non-hydrogen) atoms. The standard InChI is InChI=1S/C10H8F3N3/c11-10(12,13)7-1-3-8(4-2-7)16-9(14)5-6-15-16/h1-6H,14H2. The number of anilines is 1. The van der Waals surface area contributed by atoms with Crippen molar-refractivity contribution in [3.8, 4) is 5.69 Å². The minimum atomic E-state index is -4.33. The average molecular weight is 227 g/mol. The van der Waals surface area contributed by atoms with Crippen molar-refractivity contribution in [1.82, 2.24) is 9.78 Å². The van der Waals surface area contributed by atoms with Crippen LogP contribution in [0.5, 0.6) is 0 Å². The van der Waals surface area contributed by atoms with Gasteiger partial charge in [0.15, 0.2) is 0 Å². The highest BCUT2D eigenvalue weighted by Gasteiger charge is 2.30. The molecule has 0 aliphatic carbocycles. The van der Waals surface area contributed by atoms with Crippen LogP contribution in [-0.4, -0.2) is 9.78 Å². The Morgan fingerprint density at radius 3 is 2.12 bits per heavy atom. The highest BCUT2D eigenvalue weighted by atomic mass is 19.4. The van der Waals surface area contributed by atoms with Crippen molar-refractivity contribution in [2.75, 3.05) is 5.73 Å². The van der Waals surface area contributed by atoms with Crippen molar-refractivity contribution in [1.29, 1.82) is 0 Å². The largest absolute Gasteiger partial charge is 0.416 e. The quantitative estimate of drug-likeness (QED) is 0.813. The molecular weight excluding hydrogens is 219 g/mol. The van der Waals surface area contributed by atoms with E-state index in [1.807, 2.05) is 0 Å². The summed E-state index contributed by atoms with van der Waals surface area (Å²) in [7, 11) is 0. The summed E-state index contributed by atoms with van der Waals surface area (Å²) in [6.45, 7) is 0. The molecule has 84 valence electrons. The summed E-state index contributed by atoms with van der Waals surface area (Å²) in [5.41, 5.74) is 5.38. The summed E-state index contributed by atoms with van der Waals surface area (Å²) < 4.78 is 38.2. The topological polar surface area (TPSA) is 43.8 Å². The maximum Gasteiger partial charge on any atom is 0.416 e. The summed E-state index contributed by atoms with van der Waals surface area (Å²) in [5, 5.41) is 3.89. The highest BCUT2D eigenvalue weighted by molar-refractivity contribution is 5.42. The molecule has 0 fully saturated rings. The van der Waals surface area contributed by atoms with Crippen LogP contribution in [0.1, 0.15) is 5.56 Å². The summed E-state index contributed by atoms with van der Waals surface area (Å²) in [6.07, 6.45) is -2.85. The second-order valence-electron chi connectivity index (χ2n) is 3.21. The highest BCUT2D eigenvalue weighted by Crippen LogP contribution is 2.29. The molecule has 0 unspecified atom stereocenters. The zero-order chi connectivity index (χ0) is 11.8. The van der Waals surface area contributed by atoms with Crippen LogP contribution >= 0.6 is 0 Å². The number of hydrogen-bond acceptors (Lipinski definition) is 2. The van der Waals surface area contributed by atoms with E-state index in [-0.39, 0.29) is 0 Å². The van der Waals surface area contributed by atoms with E-state index >= 15 is 0 Å². The fourth-order valence-electron chi connectivity index (χ4n) is 1.32. The third kappa shape index (κ3) is 1.86. The molecule has 0 radical (unpaired) electrons. The van der Waals surface area contributed by atoms with Gasteiger partial charge in [-0.05, 0) is 24.3 Å². The molecule has 6 heteroatoms. The third-order valence-electron chi connectivity index (χ3n) is 2.11. The number of alkyl halides is 3. The Kier molecular flexibility index (Phi) is 2.34. The normalized spacial score (nSPS) is 11.7. The van der Waals surface area contributed by atoms with Crippen LogP contribution in [0.2, 0.25) is 0 Å². The van der Waals surface area contributed by atoms with Gasteiger partial charge in [-0.25, -0.2) is 4.68 Å². The van der Waals surface area contributed by atoms with E-state index in [9.17, 15) is 13.2 Å². The van der Waals surface area contributed by atoms with Gasteiger partial charge in [0.2, 0.25) is 0 Å². The molecule has 2 rings (SSSR count). The van der Waals surface area contributed by atoms with Gasteiger partial charge in [0.25, 0.3) is 0 Å². The van der Waals surface area contributed by atoms with E-state index in [4.69, 9.17) is 5.73 Å². The lowest BCUT2D eigenvalue weighted by Gasteiger charge is -2.08. The van der Waals surface area contributed by atoms with Gasteiger partial charge < -0.3 is 5.73 Å². The fourth-order valence-corrected chi connectivity index (χ4v) is 1.32. The first-order valence-corrected chi connectivity index (χ1v) is 4.45. The predicted octanol–water partition coefficient (Wildman–Crippen LogP) is 2.47. The number of halogens is 3. The second kappa shape index (κ2) is 3.55. The molecule has 0 bridgehead atoms.